The third kappa shape index (κ3) is 2.71. The van der Waals surface area contributed by atoms with E-state index in [0.29, 0.717) is 0 Å². The maximum Gasteiger partial charge on any atom is 0.0220 e. The van der Waals surface area contributed by atoms with Crippen molar-refractivity contribution in [1.29, 1.82) is 0 Å². The zero-order chi connectivity index (χ0) is 10.6. The molecular weight excluding hydrogens is 172 g/mol. The fraction of sp³-hybridized carbons (Fsp3) is 1.00. The molecule has 3 atom stereocenters. The van der Waals surface area contributed by atoms with E-state index in [1.807, 2.05) is 0 Å². The molecule has 1 heterocycles. The molecule has 0 spiro atoms. The van der Waals surface area contributed by atoms with E-state index in [4.69, 9.17) is 0 Å². The van der Waals surface area contributed by atoms with Gasteiger partial charge in [-0.2, -0.15) is 0 Å². The number of piperidine rings is 1. The molecule has 0 amide bonds. The minimum absolute atomic E-state index is 0.734. The van der Waals surface area contributed by atoms with Crippen molar-refractivity contribution in [3.8, 4) is 0 Å². The van der Waals surface area contributed by atoms with Crippen molar-refractivity contribution in [2.75, 3.05) is 20.1 Å². The Hall–Kier alpha value is -0.0800. The molecule has 2 nitrogen and oxygen atoms in total. The predicted octanol–water partition coefficient (Wildman–Crippen LogP) is 2.10. The van der Waals surface area contributed by atoms with E-state index in [9.17, 15) is 0 Å². The number of likely N-dealkylation sites (tertiary alicyclic amines) is 1. The monoisotopic (exact) mass is 198 g/mol. The molecule has 0 aromatic heterocycles. The molecule has 1 rings (SSSR count). The average Bonchev–Trinajstić information content (AvgIpc) is 2.19. The molecule has 0 aromatic carbocycles. The van der Waals surface area contributed by atoms with Crippen LogP contribution in [0.1, 0.15) is 40.0 Å². The first-order valence-corrected chi connectivity index (χ1v) is 6.11. The van der Waals surface area contributed by atoms with Crippen LogP contribution < -0.4 is 5.32 Å². The maximum atomic E-state index is 3.31. The fourth-order valence-electron chi connectivity index (χ4n) is 2.61. The molecule has 1 aliphatic heterocycles. The molecule has 1 fully saturated rings. The Morgan fingerprint density at radius 2 is 2.14 bits per heavy atom. The van der Waals surface area contributed by atoms with Gasteiger partial charge < -0.3 is 5.32 Å². The molecule has 0 aliphatic carbocycles. The summed E-state index contributed by atoms with van der Waals surface area (Å²) in [6.45, 7) is 9.51. The van der Waals surface area contributed by atoms with Gasteiger partial charge in [0, 0.05) is 18.6 Å². The minimum atomic E-state index is 0.734. The van der Waals surface area contributed by atoms with Gasteiger partial charge in [-0.3, -0.25) is 4.90 Å². The molecule has 1 N–H and O–H groups in total. The zero-order valence-electron chi connectivity index (χ0n) is 10.2. The van der Waals surface area contributed by atoms with Crippen molar-refractivity contribution in [2.45, 2.75) is 52.1 Å². The Kier molecular flexibility index (Phi) is 4.90. The van der Waals surface area contributed by atoms with Gasteiger partial charge in [0.25, 0.3) is 0 Å². The second kappa shape index (κ2) is 5.72. The van der Waals surface area contributed by atoms with Crippen LogP contribution in [0.2, 0.25) is 0 Å². The second-order valence-electron chi connectivity index (χ2n) is 4.72. The summed E-state index contributed by atoms with van der Waals surface area (Å²) in [4.78, 5) is 2.70. The standard InChI is InChI=1S/C12H26N2/c1-5-12(9-13-4)14-8-6-7-10(2)11(14)3/h10-13H,5-9H2,1-4H3. The van der Waals surface area contributed by atoms with E-state index >= 15 is 0 Å². The fourth-order valence-corrected chi connectivity index (χ4v) is 2.61. The van der Waals surface area contributed by atoms with Gasteiger partial charge in [-0.15, -0.1) is 0 Å². The van der Waals surface area contributed by atoms with Crippen LogP contribution in [0.25, 0.3) is 0 Å². The molecule has 0 aromatic rings. The lowest BCUT2D eigenvalue weighted by atomic mass is 9.90. The molecule has 0 saturated carbocycles. The SMILES string of the molecule is CCC(CNC)N1CCCC(C)C1C. The van der Waals surface area contributed by atoms with Crippen LogP contribution in [-0.4, -0.2) is 37.1 Å². The topological polar surface area (TPSA) is 15.3 Å². The van der Waals surface area contributed by atoms with Gasteiger partial charge in [0.15, 0.2) is 0 Å². The molecule has 2 heteroatoms. The van der Waals surface area contributed by atoms with E-state index in [0.717, 1.165) is 24.5 Å². The number of hydrogen-bond acceptors (Lipinski definition) is 2. The average molecular weight is 198 g/mol. The van der Waals surface area contributed by atoms with Crippen molar-refractivity contribution in [2.24, 2.45) is 5.92 Å². The van der Waals surface area contributed by atoms with Gasteiger partial charge in [0.1, 0.15) is 0 Å². The molecule has 84 valence electrons. The van der Waals surface area contributed by atoms with E-state index in [1.165, 1.54) is 25.8 Å². The summed E-state index contributed by atoms with van der Waals surface area (Å²) in [6, 6.07) is 1.50. The van der Waals surface area contributed by atoms with Gasteiger partial charge in [-0.05, 0) is 45.7 Å². The summed E-state index contributed by atoms with van der Waals surface area (Å²) in [5.74, 6) is 0.870. The van der Waals surface area contributed by atoms with Gasteiger partial charge in [-0.1, -0.05) is 13.8 Å². The quantitative estimate of drug-likeness (QED) is 0.744. The molecule has 0 radical (unpaired) electrons. The van der Waals surface area contributed by atoms with Crippen LogP contribution in [0.3, 0.4) is 0 Å². The third-order valence-corrected chi connectivity index (χ3v) is 3.80. The number of nitrogens with one attached hydrogen (secondary N) is 1. The lowest BCUT2D eigenvalue weighted by molar-refractivity contribution is 0.0665. The largest absolute Gasteiger partial charge is 0.318 e. The molecule has 0 bridgehead atoms. The summed E-state index contributed by atoms with van der Waals surface area (Å²) < 4.78 is 0. The van der Waals surface area contributed by atoms with Gasteiger partial charge in [0.05, 0.1) is 0 Å². The summed E-state index contributed by atoms with van der Waals surface area (Å²) >= 11 is 0. The Balaban J connectivity index is 2.54. The molecule has 3 unspecified atom stereocenters. The zero-order valence-corrected chi connectivity index (χ0v) is 10.2. The van der Waals surface area contributed by atoms with Crippen molar-refractivity contribution in [3.05, 3.63) is 0 Å². The first-order valence-electron chi connectivity index (χ1n) is 6.11. The highest BCUT2D eigenvalue weighted by Gasteiger charge is 2.28. The highest BCUT2D eigenvalue weighted by Crippen LogP contribution is 2.25. The Morgan fingerprint density at radius 1 is 1.43 bits per heavy atom. The highest BCUT2D eigenvalue weighted by atomic mass is 15.2. The van der Waals surface area contributed by atoms with Crippen molar-refractivity contribution >= 4 is 0 Å². The summed E-state index contributed by atoms with van der Waals surface area (Å²) in [7, 11) is 2.06. The van der Waals surface area contributed by atoms with Gasteiger partial charge in [-0.25, -0.2) is 0 Å². The number of nitrogens with zero attached hydrogens (tertiary/aromatic N) is 1. The smallest absolute Gasteiger partial charge is 0.0220 e. The third-order valence-electron chi connectivity index (χ3n) is 3.80. The van der Waals surface area contributed by atoms with Crippen LogP contribution in [-0.2, 0) is 0 Å². The lowest BCUT2D eigenvalue weighted by Crippen LogP contribution is -2.51. The second-order valence-corrected chi connectivity index (χ2v) is 4.72. The molecular formula is C12H26N2. The van der Waals surface area contributed by atoms with Gasteiger partial charge >= 0.3 is 0 Å². The van der Waals surface area contributed by atoms with Crippen LogP contribution >= 0.6 is 0 Å². The van der Waals surface area contributed by atoms with Gasteiger partial charge in [0.2, 0.25) is 0 Å². The lowest BCUT2D eigenvalue weighted by Gasteiger charge is -2.42. The van der Waals surface area contributed by atoms with Crippen LogP contribution in [0, 0.1) is 5.92 Å². The van der Waals surface area contributed by atoms with Crippen molar-refractivity contribution < 1.29 is 0 Å². The van der Waals surface area contributed by atoms with E-state index in [1.54, 1.807) is 0 Å². The number of likely N-dealkylation sites (N-methyl/N-ethyl adjacent to an activating group) is 1. The molecule has 1 saturated heterocycles. The summed E-state index contributed by atoms with van der Waals surface area (Å²) in [6.07, 6.45) is 4.05. The number of hydrogen-bond donors (Lipinski definition) is 1. The first kappa shape index (κ1) is 12.0. The van der Waals surface area contributed by atoms with Crippen molar-refractivity contribution in [3.63, 3.8) is 0 Å². The van der Waals surface area contributed by atoms with Crippen LogP contribution in [0.15, 0.2) is 0 Å². The van der Waals surface area contributed by atoms with Crippen LogP contribution in [0.5, 0.6) is 0 Å². The Morgan fingerprint density at radius 3 is 2.71 bits per heavy atom. The normalized spacial score (nSPS) is 31.7. The molecule has 1 aliphatic rings. The van der Waals surface area contributed by atoms with E-state index in [-0.39, 0.29) is 0 Å². The Bertz CT molecular complexity index is 158. The molecule has 14 heavy (non-hydrogen) atoms. The Labute approximate surface area is 89.1 Å². The summed E-state index contributed by atoms with van der Waals surface area (Å²) in [5, 5.41) is 3.31. The number of rotatable bonds is 4. The minimum Gasteiger partial charge on any atom is -0.318 e. The summed E-state index contributed by atoms with van der Waals surface area (Å²) in [5.41, 5.74) is 0. The predicted molar refractivity (Wildman–Crippen MR) is 62.6 cm³/mol. The first-order chi connectivity index (χ1) is 6.70. The van der Waals surface area contributed by atoms with E-state index in [2.05, 4.69) is 38.0 Å². The van der Waals surface area contributed by atoms with Crippen molar-refractivity contribution in [1.82, 2.24) is 10.2 Å². The van der Waals surface area contributed by atoms with Crippen LogP contribution in [0.4, 0.5) is 0 Å². The maximum absolute atomic E-state index is 3.31. The highest BCUT2D eigenvalue weighted by molar-refractivity contribution is 4.84. The van der Waals surface area contributed by atoms with E-state index < -0.39 is 0 Å².